The van der Waals surface area contributed by atoms with Crippen LogP contribution in [0.25, 0.3) is 0 Å². The van der Waals surface area contributed by atoms with Gasteiger partial charge in [0.25, 0.3) is 0 Å². The molecular formula is C15H18N4O3. The van der Waals surface area contributed by atoms with Crippen LogP contribution in [0, 0.1) is 5.92 Å². The Balaban J connectivity index is 1.79. The molecule has 0 saturated carbocycles. The second-order valence-electron chi connectivity index (χ2n) is 4.89. The normalized spacial score (nSPS) is 17.3. The van der Waals surface area contributed by atoms with E-state index in [4.69, 9.17) is 4.74 Å². The van der Waals surface area contributed by atoms with Crippen LogP contribution < -0.4 is 15.6 Å². The number of benzene rings is 1. The molecule has 2 amide bonds. The highest BCUT2D eigenvalue weighted by atomic mass is 16.5. The predicted octanol–water partition coefficient (Wildman–Crippen LogP) is 1.05. The van der Waals surface area contributed by atoms with E-state index in [9.17, 15) is 9.59 Å². The third kappa shape index (κ3) is 4.15. The van der Waals surface area contributed by atoms with Gasteiger partial charge in [-0.05, 0) is 31.0 Å². The summed E-state index contributed by atoms with van der Waals surface area (Å²) in [7, 11) is 1.59. The van der Waals surface area contributed by atoms with Crippen molar-refractivity contribution in [1.82, 2.24) is 10.9 Å². The first kappa shape index (κ1) is 15.7. The Bertz CT molecular complexity index is 625. The Hall–Kier alpha value is -2.70. The largest absolute Gasteiger partial charge is 0.497 e. The molecule has 1 aliphatic rings. The maximum Gasteiger partial charge on any atom is 0.248 e. The van der Waals surface area contributed by atoms with Crippen LogP contribution in [0.5, 0.6) is 5.75 Å². The Morgan fingerprint density at radius 2 is 2.36 bits per heavy atom. The molecular weight excluding hydrogens is 284 g/mol. The predicted molar refractivity (Wildman–Crippen MR) is 82.7 cm³/mol. The molecule has 0 radical (unpaired) electrons. The molecule has 0 bridgehead atoms. The third-order valence-electron chi connectivity index (χ3n) is 3.32. The lowest BCUT2D eigenvalue weighted by Crippen LogP contribution is -2.25. The molecule has 1 heterocycles. The number of hydrogen-bond acceptors (Lipinski definition) is 5. The fourth-order valence-corrected chi connectivity index (χ4v) is 2.06. The van der Waals surface area contributed by atoms with Crippen molar-refractivity contribution >= 4 is 23.7 Å². The fourth-order valence-electron chi connectivity index (χ4n) is 2.06. The first-order valence-corrected chi connectivity index (χ1v) is 6.90. The summed E-state index contributed by atoms with van der Waals surface area (Å²) in [6, 6.07) is 7.31. The lowest BCUT2D eigenvalue weighted by Gasteiger charge is -2.06. The molecule has 1 aliphatic heterocycles. The molecule has 116 valence electrons. The lowest BCUT2D eigenvalue weighted by molar-refractivity contribution is -0.123. The Labute approximate surface area is 128 Å². The van der Waals surface area contributed by atoms with Gasteiger partial charge in [-0.2, -0.15) is 10.2 Å². The van der Waals surface area contributed by atoms with E-state index in [-0.39, 0.29) is 24.2 Å². The molecule has 0 aliphatic carbocycles. The molecule has 0 fully saturated rings. The SMILES string of the molecule is COc1cccc(/C=N\NC(=O)CC[C@@H]2C(=O)NN=C2C)c1. The number of hydrazone groups is 2. The summed E-state index contributed by atoms with van der Waals surface area (Å²) in [4.78, 5) is 23.2. The molecule has 0 saturated heterocycles. The second-order valence-corrected chi connectivity index (χ2v) is 4.89. The zero-order valence-electron chi connectivity index (χ0n) is 12.5. The van der Waals surface area contributed by atoms with E-state index in [0.717, 1.165) is 11.3 Å². The maximum atomic E-state index is 11.7. The summed E-state index contributed by atoms with van der Waals surface area (Å²) in [5, 5.41) is 7.73. The highest BCUT2D eigenvalue weighted by Gasteiger charge is 2.26. The van der Waals surface area contributed by atoms with Crippen molar-refractivity contribution in [2.45, 2.75) is 19.8 Å². The van der Waals surface area contributed by atoms with Crippen LogP contribution in [0.1, 0.15) is 25.3 Å². The van der Waals surface area contributed by atoms with Crippen LogP contribution >= 0.6 is 0 Å². The number of rotatable bonds is 6. The molecule has 0 aromatic heterocycles. The van der Waals surface area contributed by atoms with Crippen molar-refractivity contribution in [1.29, 1.82) is 0 Å². The van der Waals surface area contributed by atoms with E-state index < -0.39 is 0 Å². The Morgan fingerprint density at radius 3 is 3.05 bits per heavy atom. The summed E-state index contributed by atoms with van der Waals surface area (Å²) in [6.07, 6.45) is 2.16. The van der Waals surface area contributed by atoms with E-state index >= 15 is 0 Å². The third-order valence-corrected chi connectivity index (χ3v) is 3.32. The zero-order valence-corrected chi connectivity index (χ0v) is 12.5. The Morgan fingerprint density at radius 1 is 1.55 bits per heavy atom. The minimum Gasteiger partial charge on any atom is -0.497 e. The molecule has 2 rings (SSSR count). The average Bonchev–Trinajstić information content (AvgIpc) is 2.84. The summed E-state index contributed by atoms with van der Waals surface area (Å²) in [5.41, 5.74) is 6.36. The zero-order chi connectivity index (χ0) is 15.9. The summed E-state index contributed by atoms with van der Waals surface area (Å²) >= 11 is 0. The van der Waals surface area contributed by atoms with Gasteiger partial charge in [0.15, 0.2) is 0 Å². The van der Waals surface area contributed by atoms with E-state index in [1.807, 2.05) is 18.2 Å². The van der Waals surface area contributed by atoms with Gasteiger partial charge in [-0.15, -0.1) is 0 Å². The highest BCUT2D eigenvalue weighted by molar-refractivity contribution is 6.07. The smallest absolute Gasteiger partial charge is 0.248 e. The van der Waals surface area contributed by atoms with Crippen LogP contribution in [0.4, 0.5) is 0 Å². The topological polar surface area (TPSA) is 92.1 Å². The van der Waals surface area contributed by atoms with Crippen molar-refractivity contribution in [3.63, 3.8) is 0 Å². The van der Waals surface area contributed by atoms with Crippen LogP contribution in [-0.4, -0.2) is 30.9 Å². The van der Waals surface area contributed by atoms with Crippen molar-refractivity contribution in [3.8, 4) is 5.75 Å². The van der Waals surface area contributed by atoms with Crippen LogP contribution in [0.2, 0.25) is 0 Å². The number of nitrogens with one attached hydrogen (secondary N) is 2. The summed E-state index contributed by atoms with van der Waals surface area (Å²) in [5.74, 6) is -0.0118. The van der Waals surface area contributed by atoms with E-state index in [0.29, 0.717) is 12.1 Å². The number of amides is 2. The number of nitrogens with zero attached hydrogens (tertiary/aromatic N) is 2. The van der Waals surface area contributed by atoms with Gasteiger partial charge in [0.2, 0.25) is 11.8 Å². The van der Waals surface area contributed by atoms with E-state index in [2.05, 4.69) is 21.1 Å². The summed E-state index contributed by atoms with van der Waals surface area (Å²) < 4.78 is 5.10. The van der Waals surface area contributed by atoms with Gasteiger partial charge in [0.05, 0.1) is 19.2 Å². The first-order valence-electron chi connectivity index (χ1n) is 6.90. The maximum absolute atomic E-state index is 11.7. The Kier molecular flexibility index (Phi) is 5.24. The van der Waals surface area contributed by atoms with Crippen LogP contribution in [0.15, 0.2) is 34.5 Å². The molecule has 0 unspecified atom stereocenters. The molecule has 0 spiro atoms. The van der Waals surface area contributed by atoms with Gasteiger partial charge in [-0.3, -0.25) is 9.59 Å². The van der Waals surface area contributed by atoms with E-state index in [1.165, 1.54) is 6.21 Å². The highest BCUT2D eigenvalue weighted by Crippen LogP contribution is 2.13. The second kappa shape index (κ2) is 7.35. The standard InChI is InChI=1S/C15H18N4O3/c1-10-13(15(21)19-17-10)6-7-14(20)18-16-9-11-4-3-5-12(8-11)22-2/h3-5,8-9,13H,6-7H2,1-2H3,(H,18,20)(H,19,21)/b16-9-/t13-/m0/s1. The fraction of sp³-hybridized carbons (Fsp3) is 0.333. The van der Waals surface area contributed by atoms with Gasteiger partial charge in [0.1, 0.15) is 5.75 Å². The monoisotopic (exact) mass is 302 g/mol. The van der Waals surface area contributed by atoms with Gasteiger partial charge >= 0.3 is 0 Å². The van der Waals surface area contributed by atoms with E-state index in [1.54, 1.807) is 20.1 Å². The van der Waals surface area contributed by atoms with Gasteiger partial charge in [-0.25, -0.2) is 10.9 Å². The molecule has 7 nitrogen and oxygen atoms in total. The minimum atomic E-state index is -0.326. The number of methoxy groups -OCH3 is 1. The molecule has 7 heteroatoms. The van der Waals surface area contributed by atoms with Gasteiger partial charge < -0.3 is 4.74 Å². The van der Waals surface area contributed by atoms with Crippen molar-refractivity contribution in [3.05, 3.63) is 29.8 Å². The summed E-state index contributed by atoms with van der Waals surface area (Å²) in [6.45, 7) is 1.77. The average molecular weight is 302 g/mol. The number of carbonyl (C=O) groups is 2. The molecule has 1 aromatic carbocycles. The van der Waals surface area contributed by atoms with Crippen LogP contribution in [0.3, 0.4) is 0 Å². The van der Waals surface area contributed by atoms with Gasteiger partial charge in [0, 0.05) is 12.1 Å². The number of carbonyl (C=O) groups excluding carboxylic acids is 2. The van der Waals surface area contributed by atoms with Gasteiger partial charge in [-0.1, -0.05) is 12.1 Å². The van der Waals surface area contributed by atoms with Crippen molar-refractivity contribution in [2.24, 2.45) is 16.1 Å². The van der Waals surface area contributed by atoms with Crippen molar-refractivity contribution < 1.29 is 14.3 Å². The van der Waals surface area contributed by atoms with Crippen molar-refractivity contribution in [2.75, 3.05) is 7.11 Å². The molecule has 2 N–H and O–H groups in total. The lowest BCUT2D eigenvalue weighted by atomic mass is 9.99. The quantitative estimate of drug-likeness (QED) is 0.607. The number of hydrogen-bond donors (Lipinski definition) is 2. The molecule has 1 atom stereocenters. The molecule has 1 aromatic rings. The minimum absolute atomic E-state index is 0.162. The molecule has 22 heavy (non-hydrogen) atoms. The number of ether oxygens (including phenoxy) is 1. The van der Waals surface area contributed by atoms with Crippen LogP contribution in [-0.2, 0) is 9.59 Å². The first-order chi connectivity index (χ1) is 10.6.